The molecule has 35 heavy (non-hydrogen) atoms. The van der Waals surface area contributed by atoms with Crippen LogP contribution in [-0.4, -0.2) is 40.7 Å². The third-order valence-corrected chi connectivity index (χ3v) is 6.15. The molecule has 1 aliphatic rings. The summed E-state index contributed by atoms with van der Waals surface area (Å²) in [6.45, 7) is 3.85. The first kappa shape index (κ1) is 24.0. The molecule has 2 aromatic carbocycles. The third kappa shape index (κ3) is 5.34. The Balaban J connectivity index is 1.33. The molecule has 3 aromatic rings. The zero-order valence-corrected chi connectivity index (χ0v) is 19.5. The monoisotopic (exact) mass is 477 g/mol. The number of carbonyl (C=O) groups excluding carboxylic acids is 2. The summed E-state index contributed by atoms with van der Waals surface area (Å²) < 4.78 is 10.6. The third-order valence-electron chi connectivity index (χ3n) is 6.15. The lowest BCUT2D eigenvalue weighted by Crippen LogP contribution is -2.42. The molecule has 2 amide bonds. The number of aromatic nitrogens is 1. The predicted octanol–water partition coefficient (Wildman–Crippen LogP) is 3.94. The zero-order valence-electron chi connectivity index (χ0n) is 19.5. The van der Waals surface area contributed by atoms with Gasteiger partial charge in [0, 0.05) is 18.4 Å². The van der Waals surface area contributed by atoms with Crippen LogP contribution in [0.1, 0.15) is 53.6 Å². The van der Waals surface area contributed by atoms with Gasteiger partial charge in [-0.15, -0.1) is 0 Å². The maximum atomic E-state index is 12.6. The molecule has 182 valence electrons. The van der Waals surface area contributed by atoms with E-state index in [1.807, 2.05) is 50.2 Å². The van der Waals surface area contributed by atoms with Gasteiger partial charge in [0.15, 0.2) is 17.8 Å². The van der Waals surface area contributed by atoms with Crippen molar-refractivity contribution in [1.82, 2.24) is 15.6 Å². The number of carboxylic acid groups (broad SMARTS) is 1. The molecule has 0 fully saturated rings. The van der Waals surface area contributed by atoms with Gasteiger partial charge in [-0.2, -0.15) is 0 Å². The van der Waals surface area contributed by atoms with Gasteiger partial charge in [0.2, 0.25) is 5.91 Å². The number of ether oxygens (including phenoxy) is 1. The number of oxazole rings is 1. The molecule has 0 saturated carbocycles. The van der Waals surface area contributed by atoms with Crippen LogP contribution in [0.5, 0.6) is 0 Å². The van der Waals surface area contributed by atoms with E-state index >= 15 is 0 Å². The molecule has 0 spiro atoms. The summed E-state index contributed by atoms with van der Waals surface area (Å²) >= 11 is 0. The number of nitrogens with zero attached hydrogens (tertiary/aromatic N) is 1. The minimum Gasteiger partial charge on any atom is -0.476 e. The van der Waals surface area contributed by atoms with E-state index in [4.69, 9.17) is 14.3 Å². The molecular weight excluding hydrogens is 450 g/mol. The van der Waals surface area contributed by atoms with E-state index in [9.17, 15) is 14.4 Å². The van der Waals surface area contributed by atoms with E-state index < -0.39 is 18.1 Å². The lowest BCUT2D eigenvalue weighted by atomic mass is 9.98. The average Bonchev–Trinajstić information content (AvgIpc) is 3.44. The molecule has 9 heteroatoms. The highest BCUT2D eigenvalue weighted by Gasteiger charge is 2.29. The topological polar surface area (TPSA) is 131 Å². The largest absolute Gasteiger partial charge is 0.476 e. The molecule has 0 radical (unpaired) electrons. The molecule has 0 bridgehead atoms. The van der Waals surface area contributed by atoms with Crippen LogP contribution >= 0.6 is 0 Å². The standard InChI is InChI=1S/C26H27N3O6/c1-15(2)21(11-23(30)27-12-22-24(25(31)32)28-14-35-22)29-26(33)34-13-20-18-9-5-3-7-16(18)17-8-4-6-10-19(17)20/h3-10,14-15,20-21H,11-13H2,1-2H3,(H,27,30)(H,29,33)(H,31,32). The second kappa shape index (κ2) is 10.4. The lowest BCUT2D eigenvalue weighted by molar-refractivity contribution is -0.122. The van der Waals surface area contributed by atoms with Crippen LogP contribution in [0, 0.1) is 5.92 Å². The molecule has 1 atom stereocenters. The first-order valence-corrected chi connectivity index (χ1v) is 11.4. The number of amides is 2. The van der Waals surface area contributed by atoms with Crippen LogP contribution < -0.4 is 10.6 Å². The van der Waals surface area contributed by atoms with Crippen LogP contribution in [-0.2, 0) is 16.1 Å². The van der Waals surface area contributed by atoms with Gasteiger partial charge in [0.25, 0.3) is 0 Å². The summed E-state index contributed by atoms with van der Waals surface area (Å²) in [7, 11) is 0. The highest BCUT2D eigenvalue weighted by atomic mass is 16.5. The Bertz CT molecular complexity index is 1190. The van der Waals surface area contributed by atoms with Crippen molar-refractivity contribution >= 4 is 18.0 Å². The Labute approximate surface area is 202 Å². The van der Waals surface area contributed by atoms with Gasteiger partial charge >= 0.3 is 12.1 Å². The Kier molecular flexibility index (Phi) is 7.14. The number of hydrogen-bond acceptors (Lipinski definition) is 6. The number of benzene rings is 2. The van der Waals surface area contributed by atoms with E-state index in [-0.39, 0.29) is 48.8 Å². The average molecular weight is 478 g/mol. The van der Waals surface area contributed by atoms with Gasteiger partial charge < -0.3 is 24.9 Å². The Morgan fingerprint density at radius 3 is 2.29 bits per heavy atom. The Morgan fingerprint density at radius 1 is 1.06 bits per heavy atom. The number of carboxylic acids is 1. The van der Waals surface area contributed by atoms with Gasteiger partial charge in [-0.1, -0.05) is 62.4 Å². The van der Waals surface area contributed by atoms with Crippen molar-refractivity contribution in [3.8, 4) is 11.1 Å². The van der Waals surface area contributed by atoms with Gasteiger partial charge in [0.05, 0.1) is 6.54 Å². The van der Waals surface area contributed by atoms with Gasteiger partial charge in [-0.05, 0) is 28.2 Å². The molecule has 0 saturated heterocycles. The van der Waals surface area contributed by atoms with Crippen LogP contribution in [0.4, 0.5) is 4.79 Å². The lowest BCUT2D eigenvalue weighted by Gasteiger charge is -2.22. The van der Waals surface area contributed by atoms with E-state index in [0.29, 0.717) is 0 Å². The summed E-state index contributed by atoms with van der Waals surface area (Å²) in [5.41, 5.74) is 4.28. The van der Waals surface area contributed by atoms with Crippen LogP contribution in [0.15, 0.2) is 59.3 Å². The van der Waals surface area contributed by atoms with Crippen molar-refractivity contribution in [2.24, 2.45) is 5.92 Å². The number of aromatic carboxylic acids is 1. The van der Waals surface area contributed by atoms with Crippen LogP contribution in [0.2, 0.25) is 0 Å². The summed E-state index contributed by atoms with van der Waals surface area (Å²) in [6, 6.07) is 15.7. The molecule has 4 rings (SSSR count). The Morgan fingerprint density at radius 2 is 1.69 bits per heavy atom. The fraction of sp³-hybridized carbons (Fsp3) is 0.308. The first-order chi connectivity index (χ1) is 16.8. The zero-order chi connectivity index (χ0) is 24.9. The van der Waals surface area contributed by atoms with Gasteiger partial charge in [0.1, 0.15) is 6.61 Å². The van der Waals surface area contributed by atoms with Crippen molar-refractivity contribution < 1.29 is 28.6 Å². The van der Waals surface area contributed by atoms with E-state index in [1.54, 1.807) is 0 Å². The molecule has 1 aliphatic carbocycles. The molecule has 1 unspecified atom stereocenters. The molecule has 1 heterocycles. The maximum absolute atomic E-state index is 12.6. The molecule has 1 aromatic heterocycles. The number of carbonyl (C=O) groups is 3. The smallest absolute Gasteiger partial charge is 0.407 e. The SMILES string of the molecule is CC(C)C(CC(=O)NCc1ocnc1C(=O)O)NC(=O)OCC1c2ccccc2-c2ccccc21. The summed E-state index contributed by atoms with van der Waals surface area (Å²) in [5.74, 6) is -1.65. The number of rotatable bonds is 9. The van der Waals surface area contributed by atoms with Crippen molar-refractivity contribution in [2.45, 2.75) is 38.8 Å². The maximum Gasteiger partial charge on any atom is 0.407 e. The van der Waals surface area contributed by atoms with Gasteiger partial charge in [-0.3, -0.25) is 4.79 Å². The van der Waals surface area contributed by atoms with E-state index in [1.165, 1.54) is 0 Å². The van der Waals surface area contributed by atoms with Crippen LogP contribution in [0.3, 0.4) is 0 Å². The second-order valence-electron chi connectivity index (χ2n) is 8.73. The van der Waals surface area contributed by atoms with Crippen molar-refractivity contribution in [3.63, 3.8) is 0 Å². The van der Waals surface area contributed by atoms with Crippen molar-refractivity contribution in [3.05, 3.63) is 77.5 Å². The number of fused-ring (bicyclic) bond motifs is 3. The molecular formula is C26H27N3O6. The number of alkyl carbamates (subject to hydrolysis) is 1. The second-order valence-corrected chi connectivity index (χ2v) is 8.73. The normalized spacial score (nSPS) is 13.1. The predicted molar refractivity (Wildman–Crippen MR) is 127 cm³/mol. The minimum atomic E-state index is -1.24. The fourth-order valence-corrected chi connectivity index (χ4v) is 4.27. The molecule has 9 nitrogen and oxygen atoms in total. The summed E-state index contributed by atoms with van der Waals surface area (Å²) in [5, 5.41) is 14.5. The molecule has 3 N–H and O–H groups in total. The first-order valence-electron chi connectivity index (χ1n) is 11.4. The minimum absolute atomic E-state index is 0.00158. The number of nitrogens with one attached hydrogen (secondary N) is 2. The van der Waals surface area contributed by atoms with Crippen LogP contribution in [0.25, 0.3) is 11.1 Å². The fourth-order valence-electron chi connectivity index (χ4n) is 4.27. The van der Waals surface area contributed by atoms with Crippen molar-refractivity contribution in [2.75, 3.05) is 6.61 Å². The summed E-state index contributed by atoms with van der Waals surface area (Å²) in [6.07, 6.45) is 0.417. The van der Waals surface area contributed by atoms with E-state index in [2.05, 4.69) is 27.8 Å². The highest BCUT2D eigenvalue weighted by molar-refractivity contribution is 5.86. The molecule has 0 aliphatic heterocycles. The van der Waals surface area contributed by atoms with Gasteiger partial charge in [-0.25, -0.2) is 14.6 Å². The summed E-state index contributed by atoms with van der Waals surface area (Å²) in [4.78, 5) is 39.8. The Hall–Kier alpha value is -4.14. The van der Waals surface area contributed by atoms with E-state index in [0.717, 1.165) is 28.6 Å². The quantitative estimate of drug-likeness (QED) is 0.425. The highest BCUT2D eigenvalue weighted by Crippen LogP contribution is 2.44. The van der Waals surface area contributed by atoms with Crippen molar-refractivity contribution in [1.29, 1.82) is 0 Å². The number of hydrogen-bond donors (Lipinski definition) is 3.